The van der Waals surface area contributed by atoms with E-state index >= 15 is 4.39 Å². The van der Waals surface area contributed by atoms with E-state index in [1.54, 1.807) is 53.1 Å². The van der Waals surface area contributed by atoms with E-state index in [9.17, 15) is 24.3 Å². The first-order valence-corrected chi connectivity index (χ1v) is 15.0. The lowest BCUT2D eigenvalue weighted by Crippen LogP contribution is -2.49. The normalized spacial score (nSPS) is 15.5. The van der Waals surface area contributed by atoms with Gasteiger partial charge in [0.25, 0.3) is 0 Å². The monoisotopic (exact) mass is 628 g/mol. The number of carboxylic acids is 1. The molecular formula is C34H30ClFN4O5. The number of aromatic carboxylic acids is 1. The number of carbonyl (C=O) groups is 3. The molecule has 1 aliphatic heterocycles. The van der Waals surface area contributed by atoms with Crippen molar-refractivity contribution in [3.8, 4) is 0 Å². The van der Waals surface area contributed by atoms with Crippen LogP contribution in [-0.4, -0.2) is 65.0 Å². The van der Waals surface area contributed by atoms with Gasteiger partial charge in [-0.25, -0.2) is 9.18 Å². The van der Waals surface area contributed by atoms with Gasteiger partial charge >= 0.3 is 5.97 Å². The van der Waals surface area contributed by atoms with Crippen molar-refractivity contribution in [3.63, 3.8) is 0 Å². The molecule has 9 nitrogen and oxygen atoms in total. The highest BCUT2D eigenvalue weighted by Gasteiger charge is 2.28. The summed E-state index contributed by atoms with van der Waals surface area (Å²) in [5, 5.41) is 13.0. The fourth-order valence-corrected chi connectivity index (χ4v) is 5.64. The van der Waals surface area contributed by atoms with Gasteiger partial charge in [-0.3, -0.25) is 19.3 Å². The summed E-state index contributed by atoms with van der Waals surface area (Å²) in [7, 11) is 0. The standard InChI is InChI=1S/C34H30ClFN4O5/c35-23-6-1-21(2-7-23)3-12-31(41)22-4-8-24(9-5-22)37-32(42)20-38-13-15-39(16-14-38)30-18-29-26(17-28(30)36)33(43)27(34(44)45)19-40(29)25-10-11-25/h1-9,12,17-19,25H,10-11,13-16,20H2,(H,37,42)(H,44,45)/b12-3+. The van der Waals surface area contributed by atoms with Crippen LogP contribution in [0.1, 0.15) is 45.2 Å². The molecule has 4 aromatic rings. The predicted octanol–water partition coefficient (Wildman–Crippen LogP) is 5.48. The maximum atomic E-state index is 15.3. The van der Waals surface area contributed by atoms with Crippen LogP contribution < -0.4 is 15.6 Å². The van der Waals surface area contributed by atoms with Crippen molar-refractivity contribution in [1.82, 2.24) is 9.47 Å². The molecule has 2 aliphatic rings. The number of rotatable bonds is 9. The third kappa shape index (κ3) is 6.82. The molecule has 6 rings (SSSR count). The van der Waals surface area contributed by atoms with Crippen molar-refractivity contribution >= 4 is 57.6 Å². The predicted molar refractivity (Wildman–Crippen MR) is 172 cm³/mol. The number of piperazine rings is 1. The van der Waals surface area contributed by atoms with Gasteiger partial charge in [-0.1, -0.05) is 29.8 Å². The lowest BCUT2D eigenvalue weighted by atomic mass is 10.1. The zero-order valence-corrected chi connectivity index (χ0v) is 25.0. The zero-order chi connectivity index (χ0) is 31.7. The van der Waals surface area contributed by atoms with Crippen LogP contribution in [0.15, 0.2) is 77.7 Å². The third-order valence-electron chi connectivity index (χ3n) is 8.10. The van der Waals surface area contributed by atoms with E-state index < -0.39 is 17.2 Å². The van der Waals surface area contributed by atoms with Gasteiger partial charge in [0, 0.05) is 60.1 Å². The minimum atomic E-state index is -1.33. The van der Waals surface area contributed by atoms with Crippen molar-refractivity contribution < 1.29 is 23.9 Å². The number of nitrogens with one attached hydrogen (secondary N) is 1. The minimum absolute atomic E-state index is 0.0603. The Morgan fingerprint density at radius 2 is 1.67 bits per heavy atom. The number of carboxylic acid groups (broad SMARTS) is 1. The molecule has 0 radical (unpaired) electrons. The van der Waals surface area contributed by atoms with Gasteiger partial charge in [-0.2, -0.15) is 0 Å². The van der Waals surface area contributed by atoms with Gasteiger partial charge in [-0.05, 0) is 73.0 Å². The molecule has 0 atom stereocenters. The highest BCUT2D eigenvalue weighted by molar-refractivity contribution is 6.30. The van der Waals surface area contributed by atoms with E-state index in [1.165, 1.54) is 12.3 Å². The van der Waals surface area contributed by atoms with Crippen LogP contribution in [-0.2, 0) is 4.79 Å². The molecule has 2 N–H and O–H groups in total. The Balaban J connectivity index is 1.05. The number of benzene rings is 3. The number of nitrogens with zero attached hydrogens (tertiary/aromatic N) is 3. The van der Waals surface area contributed by atoms with Gasteiger partial charge in [0.15, 0.2) is 5.78 Å². The Kier molecular flexibility index (Phi) is 8.51. The summed E-state index contributed by atoms with van der Waals surface area (Å²) >= 11 is 5.89. The van der Waals surface area contributed by atoms with Gasteiger partial charge in [-0.15, -0.1) is 0 Å². The van der Waals surface area contributed by atoms with Gasteiger partial charge in [0.1, 0.15) is 11.4 Å². The van der Waals surface area contributed by atoms with E-state index in [4.69, 9.17) is 11.6 Å². The molecule has 2 fully saturated rings. The van der Waals surface area contributed by atoms with Crippen LogP contribution in [0.4, 0.5) is 15.8 Å². The van der Waals surface area contributed by atoms with E-state index in [0.29, 0.717) is 53.7 Å². The summed E-state index contributed by atoms with van der Waals surface area (Å²) < 4.78 is 17.1. The molecule has 2 heterocycles. The Bertz CT molecular complexity index is 1880. The number of anilines is 2. The molecule has 1 saturated heterocycles. The first kappa shape index (κ1) is 30.2. The quantitative estimate of drug-likeness (QED) is 0.186. The van der Waals surface area contributed by atoms with Crippen LogP contribution in [0.5, 0.6) is 0 Å². The summed E-state index contributed by atoms with van der Waals surface area (Å²) in [6, 6.07) is 16.7. The van der Waals surface area contributed by atoms with Crippen molar-refractivity contribution in [1.29, 1.82) is 0 Å². The minimum Gasteiger partial charge on any atom is -0.477 e. The largest absolute Gasteiger partial charge is 0.477 e. The van der Waals surface area contributed by atoms with Gasteiger partial charge in [0.05, 0.1) is 17.7 Å². The second-order valence-corrected chi connectivity index (χ2v) is 11.7. The van der Waals surface area contributed by atoms with Gasteiger partial charge in [0.2, 0.25) is 11.3 Å². The Hall–Kier alpha value is -4.80. The highest BCUT2D eigenvalue weighted by Crippen LogP contribution is 2.38. The average Bonchev–Trinajstić information content (AvgIpc) is 3.87. The molecular weight excluding hydrogens is 599 g/mol. The molecule has 0 bridgehead atoms. The maximum absolute atomic E-state index is 15.3. The molecule has 1 aromatic heterocycles. The fraction of sp³-hybridized carbons (Fsp3) is 0.235. The summed E-state index contributed by atoms with van der Waals surface area (Å²) in [6.07, 6.45) is 6.31. The second-order valence-electron chi connectivity index (χ2n) is 11.3. The van der Waals surface area contributed by atoms with Crippen LogP contribution >= 0.6 is 11.6 Å². The van der Waals surface area contributed by atoms with E-state index in [2.05, 4.69) is 5.32 Å². The number of pyridine rings is 1. The number of carbonyl (C=O) groups excluding carboxylic acids is 2. The lowest BCUT2D eigenvalue weighted by molar-refractivity contribution is -0.117. The number of ketones is 1. The Labute approximate surface area is 263 Å². The molecule has 1 amide bonds. The average molecular weight is 629 g/mol. The molecule has 11 heteroatoms. The number of hydrogen-bond donors (Lipinski definition) is 2. The molecule has 0 spiro atoms. The SMILES string of the molecule is O=C(CN1CCN(c2cc3c(cc2F)c(=O)c(C(=O)O)cn3C2CC2)CC1)Nc1ccc(C(=O)/C=C/c2ccc(Cl)cc2)cc1. The Morgan fingerprint density at radius 1 is 0.978 bits per heavy atom. The van der Waals surface area contributed by atoms with Gasteiger partial charge < -0.3 is 19.9 Å². The zero-order valence-electron chi connectivity index (χ0n) is 24.2. The maximum Gasteiger partial charge on any atom is 0.341 e. The topological polar surface area (TPSA) is 112 Å². The van der Waals surface area contributed by atoms with Crippen LogP contribution in [0.3, 0.4) is 0 Å². The molecule has 45 heavy (non-hydrogen) atoms. The highest BCUT2D eigenvalue weighted by atomic mass is 35.5. The fourth-order valence-electron chi connectivity index (χ4n) is 5.52. The van der Waals surface area contributed by atoms with E-state index in [1.807, 2.05) is 21.9 Å². The number of fused-ring (bicyclic) bond motifs is 1. The molecule has 230 valence electrons. The second kappa shape index (κ2) is 12.7. The number of allylic oxidation sites excluding steroid dienone is 1. The van der Waals surface area contributed by atoms with Crippen molar-refractivity contribution in [2.75, 3.05) is 42.9 Å². The summed E-state index contributed by atoms with van der Waals surface area (Å²) in [5.41, 5.74) is 1.74. The molecule has 1 aliphatic carbocycles. The number of amides is 1. The summed E-state index contributed by atoms with van der Waals surface area (Å²) in [6.45, 7) is 2.13. The summed E-state index contributed by atoms with van der Waals surface area (Å²) in [5.74, 6) is -2.28. The molecule has 1 saturated carbocycles. The van der Waals surface area contributed by atoms with Crippen LogP contribution in [0.25, 0.3) is 17.0 Å². The number of hydrogen-bond acceptors (Lipinski definition) is 6. The lowest BCUT2D eigenvalue weighted by Gasteiger charge is -2.36. The van der Waals surface area contributed by atoms with Crippen LogP contribution in [0.2, 0.25) is 5.02 Å². The summed E-state index contributed by atoms with van der Waals surface area (Å²) in [4.78, 5) is 53.5. The number of halogens is 2. The Morgan fingerprint density at radius 3 is 2.31 bits per heavy atom. The van der Waals surface area contributed by atoms with Crippen LogP contribution in [0, 0.1) is 5.82 Å². The molecule has 3 aromatic carbocycles. The van der Waals surface area contributed by atoms with E-state index in [0.717, 1.165) is 24.5 Å². The molecule has 0 unspecified atom stereocenters. The first-order chi connectivity index (χ1) is 21.7. The van der Waals surface area contributed by atoms with Crippen molar-refractivity contribution in [2.45, 2.75) is 18.9 Å². The third-order valence-corrected chi connectivity index (χ3v) is 8.35. The van der Waals surface area contributed by atoms with Crippen molar-refractivity contribution in [3.05, 3.63) is 111 Å². The van der Waals surface area contributed by atoms with E-state index in [-0.39, 0.29) is 35.2 Å². The van der Waals surface area contributed by atoms with Crippen molar-refractivity contribution in [2.24, 2.45) is 0 Å². The smallest absolute Gasteiger partial charge is 0.341 e. The number of aromatic nitrogens is 1. The first-order valence-electron chi connectivity index (χ1n) is 14.6.